The summed E-state index contributed by atoms with van der Waals surface area (Å²) in [5.74, 6) is 0.207. The molecule has 0 saturated heterocycles. The predicted molar refractivity (Wildman–Crippen MR) is 241 cm³/mol. The van der Waals surface area contributed by atoms with E-state index in [0.29, 0.717) is 74.1 Å². The molecule has 17 heteroatoms. The maximum Gasteiger partial charge on any atom is 0.416 e. The van der Waals surface area contributed by atoms with Crippen LogP contribution in [0.1, 0.15) is 40.1 Å². The van der Waals surface area contributed by atoms with Gasteiger partial charge in [0.25, 0.3) is 0 Å². The van der Waals surface area contributed by atoms with Crippen molar-refractivity contribution in [2.45, 2.75) is 51.4 Å². The highest BCUT2D eigenvalue weighted by atomic mass is 19.4. The van der Waals surface area contributed by atoms with E-state index in [4.69, 9.17) is 9.97 Å². The Morgan fingerprint density at radius 2 is 1.20 bits per heavy atom. The number of benzene rings is 5. The molecule has 0 bridgehead atoms. The number of nitriles is 1. The van der Waals surface area contributed by atoms with Crippen molar-refractivity contribution < 1.29 is 52.7 Å². The fraction of sp³-hybridized carbons (Fsp3) is 0.151. The van der Waals surface area contributed by atoms with Crippen molar-refractivity contribution in [1.29, 1.82) is 5.26 Å². The smallest absolute Gasteiger partial charge is 0.308 e. The van der Waals surface area contributed by atoms with Crippen LogP contribution >= 0.6 is 0 Å². The number of nitrogens with zero attached hydrogens (tertiary/aromatic N) is 5. The molecule has 70 heavy (non-hydrogen) atoms. The molecule has 352 valence electrons. The van der Waals surface area contributed by atoms with Gasteiger partial charge in [-0.3, -0.25) is 0 Å². The van der Waals surface area contributed by atoms with Crippen LogP contribution in [0.3, 0.4) is 0 Å². The van der Waals surface area contributed by atoms with E-state index >= 15 is 0 Å². The molecule has 3 heterocycles. The van der Waals surface area contributed by atoms with Crippen LogP contribution in [0.25, 0.3) is 78.2 Å². The topological polar surface area (TPSA) is 59.4 Å². The maximum absolute atomic E-state index is 14.2. The Morgan fingerprint density at radius 1 is 0.571 bits per heavy atom. The molecule has 5 aromatic carbocycles. The average Bonchev–Trinajstić information content (AvgIpc) is 3.81. The summed E-state index contributed by atoms with van der Waals surface area (Å²) >= 11 is 0. The maximum atomic E-state index is 14.2. The van der Waals surface area contributed by atoms with Gasteiger partial charge >= 0.3 is 24.7 Å². The summed E-state index contributed by atoms with van der Waals surface area (Å²) in [6.45, 7) is 3.49. The van der Waals surface area contributed by atoms with Gasteiger partial charge in [0.15, 0.2) is 5.82 Å². The molecule has 10 rings (SSSR count). The van der Waals surface area contributed by atoms with E-state index in [1.165, 1.54) is 24.3 Å². The Kier molecular flexibility index (Phi) is 10.6. The first-order valence-electron chi connectivity index (χ1n) is 21.3. The van der Waals surface area contributed by atoms with Crippen LogP contribution < -0.4 is 10.6 Å². The quantitative estimate of drug-likeness (QED) is 0.165. The van der Waals surface area contributed by atoms with Gasteiger partial charge < -0.3 is 9.13 Å². The van der Waals surface area contributed by atoms with Gasteiger partial charge in [-0.1, -0.05) is 54.6 Å². The van der Waals surface area contributed by atoms with Crippen molar-refractivity contribution in [3.8, 4) is 40.0 Å². The first-order chi connectivity index (χ1) is 33.0. The lowest BCUT2D eigenvalue weighted by Gasteiger charge is -2.20. The molecule has 0 unspecified atom stereocenters. The molecule has 0 atom stereocenters. The van der Waals surface area contributed by atoms with Crippen LogP contribution in [0.5, 0.6) is 0 Å². The van der Waals surface area contributed by atoms with Crippen LogP contribution in [-0.2, 0) is 18.8 Å². The standard InChI is InChI=1S/C53H31F12N5/c1-27-15-28(2)68-49(67-27)33-22-47(69-43-9-5-3-7-38(43)40-13-11-29(20-45(40)69)31-16-34(50(54,55)56)24-35(17-31)51(57,58)59)42(26-66)48(23-33)70-44-10-6-4-8-39(44)41-14-12-30(21-46(41)70)32-18-36(52(60,61)62)25-37(19-32)53(63,64)65/h3-7,9-18,20-25H,8,19H2,1-2H3. The van der Waals surface area contributed by atoms with Crippen LogP contribution in [0, 0.1) is 25.2 Å². The van der Waals surface area contributed by atoms with E-state index in [2.05, 4.69) is 6.07 Å². The van der Waals surface area contributed by atoms with Crippen molar-refractivity contribution in [2.24, 2.45) is 0 Å². The van der Waals surface area contributed by atoms with Crippen LogP contribution in [0.2, 0.25) is 0 Å². The molecule has 0 saturated carbocycles. The van der Waals surface area contributed by atoms with Gasteiger partial charge in [0.2, 0.25) is 0 Å². The van der Waals surface area contributed by atoms with Crippen molar-refractivity contribution in [3.05, 3.63) is 177 Å². The van der Waals surface area contributed by atoms with Crippen molar-refractivity contribution in [2.75, 3.05) is 0 Å². The van der Waals surface area contributed by atoms with Crippen LogP contribution in [0.15, 0.2) is 133 Å². The summed E-state index contributed by atoms with van der Waals surface area (Å²) in [4.78, 5) is 9.41. The molecular weight excluding hydrogens is 935 g/mol. The van der Waals surface area contributed by atoms with Gasteiger partial charge in [-0.2, -0.15) is 57.9 Å². The highest BCUT2D eigenvalue weighted by Gasteiger charge is 2.41. The zero-order chi connectivity index (χ0) is 49.8. The van der Waals surface area contributed by atoms with E-state index in [-0.39, 0.29) is 62.3 Å². The second kappa shape index (κ2) is 16.1. The first-order valence-corrected chi connectivity index (χ1v) is 21.3. The summed E-state index contributed by atoms with van der Waals surface area (Å²) < 4.78 is 173. The normalized spacial score (nSPS) is 15.3. The van der Waals surface area contributed by atoms with Crippen molar-refractivity contribution in [3.63, 3.8) is 0 Å². The molecule has 0 amide bonds. The molecule has 3 aromatic heterocycles. The summed E-state index contributed by atoms with van der Waals surface area (Å²) in [6, 6.07) is 24.6. The minimum Gasteiger partial charge on any atom is -0.308 e. The van der Waals surface area contributed by atoms with Gasteiger partial charge in [-0.25, -0.2) is 9.97 Å². The highest BCUT2D eigenvalue weighted by molar-refractivity contribution is 6.10. The SMILES string of the molecule is Cc1cc(C)nc(-c2cc(-n3c4c(c5ccc(=C6C=C(C(F)(F)F)C=C(C(F)(F)F)C6)cc53)CC=CC=4)c(C#N)c(-n3c4ccccc4c4ccc(-c5cc(C(F)(F)F)cc(C(F)(F)F)c5)cc43)c2)n1. The number of hydrogen-bond donors (Lipinski definition) is 0. The number of fused-ring (bicyclic) bond motifs is 6. The van der Waals surface area contributed by atoms with Gasteiger partial charge in [0, 0.05) is 45.1 Å². The minimum atomic E-state index is -5.12. The van der Waals surface area contributed by atoms with Crippen molar-refractivity contribution in [1.82, 2.24) is 19.1 Å². The molecule has 2 aliphatic carbocycles. The minimum absolute atomic E-state index is 0.00783. The third-order valence-electron chi connectivity index (χ3n) is 12.5. The zero-order valence-corrected chi connectivity index (χ0v) is 36.3. The lowest BCUT2D eigenvalue weighted by Crippen LogP contribution is -2.22. The second-order valence-electron chi connectivity index (χ2n) is 17.1. The molecule has 0 N–H and O–H groups in total. The predicted octanol–water partition coefficient (Wildman–Crippen LogP) is 13.8. The number of para-hydroxylation sites is 1. The van der Waals surface area contributed by atoms with E-state index in [1.54, 1.807) is 89.7 Å². The Bertz CT molecular complexity index is 3760. The molecular formula is C53H31F12N5. The Labute approximate surface area is 388 Å². The van der Waals surface area contributed by atoms with E-state index < -0.39 is 53.4 Å². The third kappa shape index (κ3) is 8.00. The van der Waals surface area contributed by atoms with Gasteiger partial charge in [0.1, 0.15) is 11.6 Å². The van der Waals surface area contributed by atoms with E-state index in [1.807, 2.05) is 6.08 Å². The summed E-state index contributed by atoms with van der Waals surface area (Å²) in [6.07, 6.45) is -14.7. The number of alkyl halides is 12. The van der Waals surface area contributed by atoms with E-state index in [9.17, 15) is 57.9 Å². The van der Waals surface area contributed by atoms with E-state index in [0.717, 1.165) is 5.56 Å². The number of halogens is 12. The van der Waals surface area contributed by atoms with Gasteiger partial charge in [-0.05, 0) is 121 Å². The summed E-state index contributed by atoms with van der Waals surface area (Å²) in [5.41, 5.74) is -2.82. The molecule has 0 fully saturated rings. The lowest BCUT2D eigenvalue weighted by molar-refractivity contribution is -0.143. The van der Waals surface area contributed by atoms with Crippen LogP contribution in [-0.4, -0.2) is 31.5 Å². The summed E-state index contributed by atoms with van der Waals surface area (Å²) in [7, 11) is 0. The van der Waals surface area contributed by atoms with Gasteiger partial charge in [-0.15, -0.1) is 0 Å². The van der Waals surface area contributed by atoms with Crippen molar-refractivity contribution >= 4 is 44.4 Å². The van der Waals surface area contributed by atoms with Gasteiger partial charge in [0.05, 0.1) is 50.0 Å². The molecule has 2 aliphatic rings. The monoisotopic (exact) mass is 965 g/mol. The first kappa shape index (κ1) is 45.9. The molecule has 8 aromatic rings. The number of aromatic nitrogens is 4. The zero-order valence-electron chi connectivity index (χ0n) is 36.3. The molecule has 0 spiro atoms. The number of hydrogen-bond acceptors (Lipinski definition) is 3. The fourth-order valence-electron chi connectivity index (χ4n) is 9.42. The number of rotatable bonds is 4. The molecule has 5 nitrogen and oxygen atoms in total. The summed E-state index contributed by atoms with van der Waals surface area (Å²) in [5, 5.41) is 13.7. The Hall–Kier alpha value is -7.87. The van der Waals surface area contributed by atoms with Crippen LogP contribution in [0.4, 0.5) is 52.7 Å². The molecule has 0 radical (unpaired) electrons. The highest BCUT2D eigenvalue weighted by Crippen LogP contribution is 2.43. The number of allylic oxidation sites excluding steroid dienone is 6. The second-order valence-corrected chi connectivity index (χ2v) is 17.1. The Morgan fingerprint density at radius 3 is 1.84 bits per heavy atom. The number of aryl methyl sites for hydroxylation is 2. The third-order valence-corrected chi connectivity index (χ3v) is 12.5. The largest absolute Gasteiger partial charge is 0.416 e. The fourth-order valence-corrected chi connectivity index (χ4v) is 9.42. The Balaban J connectivity index is 1.31. The average molecular weight is 966 g/mol. The lowest BCUT2D eigenvalue weighted by atomic mass is 9.92. The molecule has 0 aliphatic heterocycles.